The zero-order valence-electron chi connectivity index (χ0n) is 24.7. The lowest BCUT2D eigenvalue weighted by molar-refractivity contribution is -0.124. The van der Waals surface area contributed by atoms with E-state index in [2.05, 4.69) is 28.6 Å². The van der Waals surface area contributed by atoms with Crippen molar-refractivity contribution < 1.29 is 22.5 Å². The number of ether oxygens (including phenoxy) is 1. The molecule has 3 N–H and O–H groups in total. The van der Waals surface area contributed by atoms with E-state index in [1.165, 1.54) is 41.3 Å². The summed E-state index contributed by atoms with van der Waals surface area (Å²) in [6, 6.07) is 15.5. The van der Waals surface area contributed by atoms with Crippen LogP contribution in [0.15, 0.2) is 78.8 Å². The maximum absolute atomic E-state index is 15.5. The molecule has 3 unspecified atom stereocenters. The Balaban J connectivity index is 1.43. The number of amides is 1. The largest absolute Gasteiger partial charge is 0.454 e. The summed E-state index contributed by atoms with van der Waals surface area (Å²) in [5.41, 5.74) is 3.60. The predicted octanol–water partition coefficient (Wildman–Crippen LogP) is 6.16. The van der Waals surface area contributed by atoms with Crippen LogP contribution in [0.25, 0.3) is 17.0 Å². The second kappa shape index (κ2) is 11.9. The number of hydrogen-bond acceptors (Lipinski definition) is 5. The van der Waals surface area contributed by atoms with Crippen LogP contribution >= 0.6 is 0 Å². The first-order valence-corrected chi connectivity index (χ1v) is 16.0. The van der Waals surface area contributed by atoms with Gasteiger partial charge in [0.25, 0.3) is 0 Å². The van der Waals surface area contributed by atoms with Gasteiger partial charge in [-0.1, -0.05) is 29.8 Å². The summed E-state index contributed by atoms with van der Waals surface area (Å²) in [6.45, 7) is 4.40. The minimum Gasteiger partial charge on any atom is -0.454 e. The Morgan fingerprint density at radius 3 is 2.70 bits per heavy atom. The quantitative estimate of drug-likeness (QED) is 0.239. The molecular formula is C34H34F2N4O3S. The van der Waals surface area contributed by atoms with Gasteiger partial charge >= 0.3 is 0 Å². The topological polar surface area (TPSA) is 86.5 Å². The zero-order valence-corrected chi connectivity index (χ0v) is 25.6. The maximum Gasteiger partial charge on any atom is 0.246 e. The molecule has 0 aliphatic carbocycles. The third-order valence-corrected chi connectivity index (χ3v) is 9.79. The van der Waals surface area contributed by atoms with Crippen LogP contribution in [0.3, 0.4) is 0 Å². The smallest absolute Gasteiger partial charge is 0.246 e. The molecule has 0 spiro atoms. The SMILES string of the molecule is Cc1cccc(C2(C)CCS(=O)CCN(C)C(=O)/C=C/c3c(c(F)cc4[nH]ccc34)Oc3ccc(F)c(c3)C3NC=C2N3)c1. The van der Waals surface area contributed by atoms with Gasteiger partial charge in [0, 0.05) is 93.6 Å². The number of carbonyl (C=O) groups is 1. The Kier molecular flexibility index (Phi) is 8.02. The molecule has 3 heterocycles. The molecule has 0 saturated heterocycles. The van der Waals surface area contributed by atoms with Gasteiger partial charge in [-0.2, -0.15) is 0 Å². The van der Waals surface area contributed by atoms with E-state index < -0.39 is 34.0 Å². The lowest BCUT2D eigenvalue weighted by Gasteiger charge is -2.33. The van der Waals surface area contributed by atoms with Gasteiger partial charge in [-0.15, -0.1) is 0 Å². The molecule has 3 aromatic carbocycles. The summed E-state index contributed by atoms with van der Waals surface area (Å²) in [7, 11) is 0.440. The highest BCUT2D eigenvalue weighted by molar-refractivity contribution is 7.85. The normalized spacial score (nSPS) is 23.3. The average molecular weight is 617 g/mol. The summed E-state index contributed by atoms with van der Waals surface area (Å²) in [5, 5.41) is 7.38. The molecule has 228 valence electrons. The fourth-order valence-electron chi connectivity index (χ4n) is 5.74. The Hall–Kier alpha value is -4.44. The second-order valence-electron chi connectivity index (χ2n) is 11.5. The minimum atomic E-state index is -1.21. The van der Waals surface area contributed by atoms with Gasteiger partial charge in [0.05, 0.1) is 0 Å². The van der Waals surface area contributed by atoms with E-state index in [1.54, 1.807) is 19.3 Å². The number of aryl methyl sites for hydroxylation is 1. The highest BCUT2D eigenvalue weighted by Crippen LogP contribution is 2.40. The lowest BCUT2D eigenvalue weighted by Crippen LogP contribution is -2.35. The summed E-state index contributed by atoms with van der Waals surface area (Å²) >= 11 is 0. The molecule has 0 radical (unpaired) electrons. The lowest BCUT2D eigenvalue weighted by atomic mass is 9.77. The Morgan fingerprint density at radius 2 is 1.89 bits per heavy atom. The Bertz CT molecular complexity index is 1830. The number of benzene rings is 3. The molecule has 1 amide bonds. The fraction of sp³-hybridized carbons (Fsp3) is 0.265. The molecule has 0 fully saturated rings. The van der Waals surface area contributed by atoms with Crippen LogP contribution in [0.4, 0.5) is 8.78 Å². The number of halogens is 2. The zero-order chi connectivity index (χ0) is 31.0. The van der Waals surface area contributed by atoms with Gasteiger partial charge < -0.3 is 25.3 Å². The van der Waals surface area contributed by atoms with Crippen LogP contribution in [-0.2, 0) is 21.0 Å². The number of nitrogens with zero attached hydrogens (tertiary/aromatic N) is 1. The number of nitrogens with one attached hydrogen (secondary N) is 3. The first kappa shape index (κ1) is 29.6. The molecule has 0 saturated carbocycles. The van der Waals surface area contributed by atoms with Gasteiger partial charge in [-0.25, -0.2) is 8.78 Å². The third-order valence-electron chi connectivity index (χ3n) is 8.50. The molecule has 2 aliphatic rings. The molecule has 2 aliphatic heterocycles. The van der Waals surface area contributed by atoms with E-state index in [1.807, 2.05) is 31.3 Å². The number of aromatic amines is 1. The van der Waals surface area contributed by atoms with Crippen molar-refractivity contribution in [2.45, 2.75) is 31.8 Å². The van der Waals surface area contributed by atoms with E-state index in [9.17, 15) is 9.00 Å². The van der Waals surface area contributed by atoms with Gasteiger partial charge in [0.1, 0.15) is 17.7 Å². The van der Waals surface area contributed by atoms with E-state index >= 15 is 8.78 Å². The van der Waals surface area contributed by atoms with Crippen molar-refractivity contribution in [2.24, 2.45) is 0 Å². The summed E-state index contributed by atoms with van der Waals surface area (Å²) in [4.78, 5) is 17.5. The van der Waals surface area contributed by atoms with Crippen molar-refractivity contribution >= 4 is 33.7 Å². The van der Waals surface area contributed by atoms with Gasteiger partial charge in [0.2, 0.25) is 5.91 Å². The number of carbonyl (C=O) groups excluding carboxylic acids is 1. The highest BCUT2D eigenvalue weighted by atomic mass is 32.2. The van der Waals surface area contributed by atoms with Gasteiger partial charge in [-0.3, -0.25) is 9.00 Å². The van der Waals surface area contributed by atoms with Gasteiger partial charge in [-0.05, 0) is 56.2 Å². The second-order valence-corrected chi connectivity index (χ2v) is 13.2. The minimum absolute atomic E-state index is 0.0847. The maximum atomic E-state index is 15.5. The Labute approximate surface area is 257 Å². The molecule has 6 rings (SSSR count). The molecule has 3 atom stereocenters. The number of hydrogen-bond donors (Lipinski definition) is 3. The third kappa shape index (κ3) is 5.74. The van der Waals surface area contributed by atoms with E-state index in [0.717, 1.165) is 16.8 Å². The van der Waals surface area contributed by atoms with Crippen LogP contribution in [0.2, 0.25) is 0 Å². The van der Waals surface area contributed by atoms with Gasteiger partial charge in [0.15, 0.2) is 11.6 Å². The number of fused-ring (bicyclic) bond motifs is 8. The molecule has 10 heteroatoms. The molecule has 4 aromatic rings. The Morgan fingerprint density at radius 1 is 1.05 bits per heavy atom. The van der Waals surface area contributed by atoms with Crippen molar-refractivity contribution in [3.63, 3.8) is 0 Å². The number of allylic oxidation sites excluding steroid dienone is 1. The summed E-state index contributed by atoms with van der Waals surface area (Å²) < 4.78 is 50.1. The molecular weight excluding hydrogens is 582 g/mol. The number of H-pyrrole nitrogens is 1. The average Bonchev–Trinajstić information content (AvgIpc) is 3.69. The number of aromatic nitrogens is 1. The van der Waals surface area contributed by atoms with Crippen molar-refractivity contribution in [1.29, 1.82) is 0 Å². The van der Waals surface area contributed by atoms with Crippen molar-refractivity contribution in [3.05, 3.63) is 113 Å². The van der Waals surface area contributed by atoms with E-state index in [4.69, 9.17) is 4.74 Å². The van der Waals surface area contributed by atoms with Crippen LogP contribution in [0, 0.1) is 18.6 Å². The summed E-state index contributed by atoms with van der Waals surface area (Å²) in [6.07, 6.45) is 6.34. The number of likely N-dealkylation sites (N-methyl/N-ethyl adjacent to an activating group) is 1. The first-order valence-electron chi connectivity index (χ1n) is 14.5. The van der Waals surface area contributed by atoms with Crippen LogP contribution in [-0.4, -0.2) is 45.1 Å². The van der Waals surface area contributed by atoms with Crippen LogP contribution < -0.4 is 15.4 Å². The van der Waals surface area contributed by atoms with Crippen molar-refractivity contribution in [3.8, 4) is 11.5 Å². The van der Waals surface area contributed by atoms with Crippen LogP contribution in [0.1, 0.15) is 41.8 Å². The summed E-state index contributed by atoms with van der Waals surface area (Å²) in [5.74, 6) is -0.550. The van der Waals surface area contributed by atoms with E-state index in [0.29, 0.717) is 46.5 Å². The molecule has 4 bridgehead atoms. The molecule has 1 aromatic heterocycles. The van der Waals surface area contributed by atoms with Crippen LogP contribution in [0.5, 0.6) is 11.5 Å². The van der Waals surface area contributed by atoms with Crippen molar-refractivity contribution in [2.75, 3.05) is 25.1 Å². The van der Waals surface area contributed by atoms with Crippen molar-refractivity contribution in [1.82, 2.24) is 20.5 Å². The monoisotopic (exact) mass is 616 g/mol. The van der Waals surface area contributed by atoms with E-state index in [-0.39, 0.29) is 17.4 Å². The first-order chi connectivity index (χ1) is 21.1. The highest BCUT2D eigenvalue weighted by Gasteiger charge is 2.36. The molecule has 44 heavy (non-hydrogen) atoms. The fourth-order valence-corrected chi connectivity index (χ4v) is 7.06. The molecule has 7 nitrogen and oxygen atoms in total. The standard InChI is InChI=1S/C34H34F2N4O3S/c1-21-5-4-6-22(17-21)34(2)12-15-44(42)16-14-40(3)31(41)10-8-25-24-11-13-37-29(24)19-28(36)32(25)43-23-7-9-27(35)26(18-23)33-38-20-30(34)39-33/h4-11,13,17-20,33,37-39H,12,14-16H2,1-3H3/b10-8+. The number of rotatable bonds is 1. The predicted molar refractivity (Wildman–Crippen MR) is 170 cm³/mol.